The topological polar surface area (TPSA) is 27.3 Å². The fraction of sp³-hybridized carbons (Fsp3) is 0. The number of hydrogen-bond acceptors (Lipinski definition) is 3. The highest BCUT2D eigenvalue weighted by Gasteiger charge is 2.26. The molecule has 0 aromatic heterocycles. The summed E-state index contributed by atoms with van der Waals surface area (Å²) in [5, 5.41) is 7.11. The Labute approximate surface area is 216 Å². The third-order valence-electron chi connectivity index (χ3n) is 7.05. The van der Waals surface area contributed by atoms with Crippen molar-refractivity contribution in [1.82, 2.24) is 11.0 Å². The highest BCUT2D eigenvalue weighted by molar-refractivity contribution is 6.10. The van der Waals surface area contributed by atoms with Gasteiger partial charge in [-0.3, -0.25) is 5.01 Å². The van der Waals surface area contributed by atoms with Crippen LogP contribution in [0.4, 0.5) is 5.69 Å². The summed E-state index contributed by atoms with van der Waals surface area (Å²) < 4.78 is 0. The van der Waals surface area contributed by atoms with Crippen LogP contribution in [0.25, 0.3) is 44.1 Å². The second-order valence-corrected chi connectivity index (χ2v) is 9.30. The van der Waals surface area contributed by atoms with E-state index in [0.29, 0.717) is 0 Å². The molecular weight excluding hydrogens is 450 g/mol. The van der Waals surface area contributed by atoms with Crippen LogP contribution in [0.3, 0.4) is 0 Å². The maximum atomic E-state index is 3.43. The largest absolute Gasteiger partial charge is 0.301 e. The summed E-state index contributed by atoms with van der Waals surface area (Å²) in [7, 11) is 0. The van der Waals surface area contributed by atoms with Crippen LogP contribution in [0.2, 0.25) is 0 Å². The van der Waals surface area contributed by atoms with E-state index >= 15 is 0 Å². The van der Waals surface area contributed by atoms with Gasteiger partial charge in [0, 0.05) is 11.1 Å². The highest BCUT2D eigenvalue weighted by Crippen LogP contribution is 2.37. The number of hydrogen-bond donors (Lipinski definition) is 2. The Morgan fingerprint density at radius 2 is 1.05 bits per heavy atom. The Bertz CT molecular complexity index is 1760. The zero-order valence-corrected chi connectivity index (χ0v) is 20.2. The van der Waals surface area contributed by atoms with E-state index in [1.54, 1.807) is 0 Å². The molecule has 3 nitrogen and oxygen atoms in total. The van der Waals surface area contributed by atoms with Crippen molar-refractivity contribution >= 4 is 38.6 Å². The molecule has 176 valence electrons. The van der Waals surface area contributed by atoms with E-state index < -0.39 is 0 Å². The van der Waals surface area contributed by atoms with Gasteiger partial charge in [0.25, 0.3) is 0 Å². The van der Waals surface area contributed by atoms with Crippen LogP contribution < -0.4 is 16.0 Å². The predicted molar refractivity (Wildman–Crippen MR) is 155 cm³/mol. The molecule has 1 aliphatic heterocycles. The molecule has 6 aromatic carbocycles. The van der Waals surface area contributed by atoms with Crippen LogP contribution in [-0.4, -0.2) is 0 Å². The lowest BCUT2D eigenvalue weighted by molar-refractivity contribution is 0.693. The van der Waals surface area contributed by atoms with Crippen molar-refractivity contribution in [1.29, 1.82) is 0 Å². The van der Waals surface area contributed by atoms with E-state index in [9.17, 15) is 0 Å². The first-order chi connectivity index (χ1) is 18.3. The van der Waals surface area contributed by atoms with Crippen molar-refractivity contribution in [3.05, 3.63) is 151 Å². The molecule has 0 saturated carbocycles. The molecule has 37 heavy (non-hydrogen) atoms. The molecule has 2 N–H and O–H groups in total. The van der Waals surface area contributed by atoms with Gasteiger partial charge in [-0.15, -0.1) is 5.53 Å². The minimum Gasteiger partial charge on any atom is -0.301 e. The number of fused-ring (bicyclic) bond motifs is 3. The molecule has 1 heterocycles. The number of benzene rings is 6. The van der Waals surface area contributed by atoms with Gasteiger partial charge in [-0.05, 0) is 50.9 Å². The Kier molecular flexibility index (Phi) is 5.20. The lowest BCUT2D eigenvalue weighted by atomic mass is 9.97. The summed E-state index contributed by atoms with van der Waals surface area (Å²) >= 11 is 0. The Hall–Kier alpha value is -4.86. The maximum absolute atomic E-state index is 3.43. The first-order valence-corrected chi connectivity index (χ1v) is 12.5. The summed E-state index contributed by atoms with van der Waals surface area (Å²) in [6.07, 6.45) is 0. The van der Waals surface area contributed by atoms with Crippen LogP contribution in [0.5, 0.6) is 0 Å². The average Bonchev–Trinajstić information content (AvgIpc) is 3.43. The molecule has 0 atom stereocenters. The van der Waals surface area contributed by atoms with Gasteiger partial charge in [-0.1, -0.05) is 121 Å². The highest BCUT2D eigenvalue weighted by atomic mass is 15.7. The van der Waals surface area contributed by atoms with Gasteiger partial charge in [-0.2, -0.15) is 0 Å². The van der Waals surface area contributed by atoms with Crippen molar-refractivity contribution < 1.29 is 0 Å². The molecule has 0 fully saturated rings. The summed E-state index contributed by atoms with van der Waals surface area (Å²) in [4.78, 5) is 0. The molecule has 1 aliphatic rings. The van der Waals surface area contributed by atoms with E-state index in [4.69, 9.17) is 0 Å². The second kappa shape index (κ2) is 8.98. The smallest absolute Gasteiger partial charge is 0.0919 e. The third-order valence-corrected chi connectivity index (χ3v) is 7.05. The van der Waals surface area contributed by atoms with Crippen LogP contribution in [0, 0.1) is 0 Å². The van der Waals surface area contributed by atoms with Crippen LogP contribution >= 0.6 is 0 Å². The molecule has 0 amide bonds. The van der Waals surface area contributed by atoms with Crippen LogP contribution in [0.15, 0.2) is 140 Å². The maximum Gasteiger partial charge on any atom is 0.0919 e. The van der Waals surface area contributed by atoms with Crippen molar-refractivity contribution in [2.75, 3.05) is 5.01 Å². The lowest BCUT2D eigenvalue weighted by Gasteiger charge is -2.22. The number of hydrazine groups is 2. The van der Waals surface area contributed by atoms with E-state index in [1.807, 2.05) is 6.07 Å². The summed E-state index contributed by atoms with van der Waals surface area (Å²) in [6, 6.07) is 49.4. The van der Waals surface area contributed by atoms with E-state index in [2.05, 4.69) is 149 Å². The number of rotatable bonds is 4. The first-order valence-electron chi connectivity index (χ1n) is 12.5. The molecule has 0 aliphatic carbocycles. The van der Waals surface area contributed by atoms with Crippen molar-refractivity contribution in [2.45, 2.75) is 0 Å². The Morgan fingerprint density at radius 1 is 0.432 bits per heavy atom. The molecule has 0 bridgehead atoms. The third kappa shape index (κ3) is 3.83. The van der Waals surface area contributed by atoms with Crippen molar-refractivity contribution in [3.8, 4) is 11.1 Å². The van der Waals surface area contributed by atoms with Crippen LogP contribution in [-0.2, 0) is 0 Å². The molecule has 0 spiro atoms. The SMILES string of the molecule is c1ccc(C2=C(c3ccccc3)N(c3ccc4c(ccc5ccc(-c6ccccc6)cc54)c3)NN2)cc1. The van der Waals surface area contributed by atoms with Gasteiger partial charge >= 0.3 is 0 Å². The number of nitrogens with one attached hydrogen (secondary N) is 2. The zero-order valence-electron chi connectivity index (χ0n) is 20.2. The number of nitrogens with zero attached hydrogens (tertiary/aromatic N) is 1. The van der Waals surface area contributed by atoms with E-state index in [0.717, 1.165) is 28.2 Å². The monoisotopic (exact) mass is 475 g/mol. The zero-order chi connectivity index (χ0) is 24.6. The summed E-state index contributed by atoms with van der Waals surface area (Å²) in [5.41, 5.74) is 14.8. The molecule has 7 rings (SSSR count). The van der Waals surface area contributed by atoms with Gasteiger partial charge < -0.3 is 5.43 Å². The average molecular weight is 476 g/mol. The van der Waals surface area contributed by atoms with Crippen LogP contribution in [0.1, 0.15) is 11.1 Å². The first kappa shape index (κ1) is 21.4. The predicted octanol–water partition coefficient (Wildman–Crippen LogP) is 8.02. The molecule has 3 heteroatoms. The fourth-order valence-electron chi connectivity index (χ4n) is 5.21. The molecule has 0 unspecified atom stereocenters. The van der Waals surface area contributed by atoms with Gasteiger partial charge in [-0.25, -0.2) is 0 Å². The standard InChI is InChI=1S/C34H25N3/c1-4-10-24(11-5-1)28-18-16-25-17-19-29-22-30(20-21-31(29)32(25)23-28)37-34(27-14-8-3-9-15-27)33(35-36-37)26-12-6-2-7-13-26/h1-23,35-36H. The second-order valence-electron chi connectivity index (χ2n) is 9.30. The Balaban J connectivity index is 1.36. The number of anilines is 1. The van der Waals surface area contributed by atoms with Gasteiger partial charge in [0.2, 0.25) is 0 Å². The Morgan fingerprint density at radius 3 is 1.78 bits per heavy atom. The van der Waals surface area contributed by atoms with Gasteiger partial charge in [0.15, 0.2) is 0 Å². The van der Waals surface area contributed by atoms with E-state index in [-0.39, 0.29) is 0 Å². The van der Waals surface area contributed by atoms with E-state index in [1.165, 1.54) is 32.7 Å². The lowest BCUT2D eigenvalue weighted by Crippen LogP contribution is -2.37. The molecular formula is C34H25N3. The summed E-state index contributed by atoms with van der Waals surface area (Å²) in [5.74, 6) is 0. The minimum atomic E-state index is 1.05. The normalized spacial score (nSPS) is 13.4. The fourth-order valence-corrected chi connectivity index (χ4v) is 5.21. The van der Waals surface area contributed by atoms with Crippen molar-refractivity contribution in [2.24, 2.45) is 0 Å². The summed E-state index contributed by atoms with van der Waals surface area (Å²) in [6.45, 7) is 0. The molecule has 6 aromatic rings. The minimum absolute atomic E-state index is 1.05. The van der Waals surface area contributed by atoms with Gasteiger partial charge in [0.05, 0.1) is 17.1 Å². The molecule has 0 radical (unpaired) electrons. The quantitative estimate of drug-likeness (QED) is 0.253. The van der Waals surface area contributed by atoms with Crippen molar-refractivity contribution in [3.63, 3.8) is 0 Å². The van der Waals surface area contributed by atoms with Gasteiger partial charge in [0.1, 0.15) is 0 Å². The molecule has 0 saturated heterocycles.